The summed E-state index contributed by atoms with van der Waals surface area (Å²) in [5.74, 6) is -0.293. The molecule has 2 heterocycles. The van der Waals surface area contributed by atoms with Crippen molar-refractivity contribution in [2.24, 2.45) is 23.0 Å². The summed E-state index contributed by atoms with van der Waals surface area (Å²) in [6, 6.07) is 7.04. The van der Waals surface area contributed by atoms with Gasteiger partial charge in [-0.3, -0.25) is 9.59 Å². The summed E-state index contributed by atoms with van der Waals surface area (Å²) in [5.41, 5.74) is 5.45. The van der Waals surface area contributed by atoms with Crippen LogP contribution >= 0.6 is 0 Å². The average molecular weight is 442 g/mol. The quantitative estimate of drug-likeness (QED) is 0.742. The van der Waals surface area contributed by atoms with Gasteiger partial charge in [0.1, 0.15) is 24.0 Å². The number of rotatable bonds is 6. The number of ether oxygens (including phenoxy) is 1. The smallest absolute Gasteiger partial charge is 0.267 e. The van der Waals surface area contributed by atoms with Gasteiger partial charge in [0.05, 0.1) is 24.6 Å². The number of likely N-dealkylation sites (tertiary alicyclic amines) is 1. The fraction of sp³-hybridized carbons (Fsp3) is 0.478. The van der Waals surface area contributed by atoms with Gasteiger partial charge in [0.15, 0.2) is 0 Å². The first-order valence-electron chi connectivity index (χ1n) is 10.8. The molecule has 3 atom stereocenters. The van der Waals surface area contributed by atoms with Gasteiger partial charge in [-0.2, -0.15) is 0 Å². The van der Waals surface area contributed by atoms with Crippen LogP contribution in [0, 0.1) is 23.1 Å². The van der Waals surface area contributed by atoms with Gasteiger partial charge < -0.3 is 15.4 Å². The molecule has 2 bridgehead atoms. The van der Waals surface area contributed by atoms with E-state index in [-0.39, 0.29) is 42.2 Å². The van der Waals surface area contributed by atoms with Gasteiger partial charge in [-0.05, 0) is 48.8 Å². The standard InChI is InChI=1S/C23H24F2N4O3/c24-16-3-1-2-13(4-16)19-5-17(25)10-29(19)22(31)23-7-14(8-23)15(9-23)11-32-20-6-18(21(26)30)27-12-28-20/h1-4,6,12,14-15,17,19H,5,7-11H2,(H2,26,30). The van der Waals surface area contributed by atoms with E-state index in [0.717, 1.165) is 12.8 Å². The van der Waals surface area contributed by atoms with Crippen LogP contribution in [0.5, 0.6) is 5.88 Å². The van der Waals surface area contributed by atoms with E-state index in [9.17, 15) is 18.4 Å². The second-order valence-corrected chi connectivity index (χ2v) is 9.19. The number of hydrogen-bond acceptors (Lipinski definition) is 5. The Hall–Kier alpha value is -3.10. The van der Waals surface area contributed by atoms with E-state index in [1.807, 2.05) is 0 Å². The zero-order chi connectivity index (χ0) is 22.5. The second kappa shape index (κ2) is 7.79. The highest BCUT2D eigenvalue weighted by Crippen LogP contribution is 2.63. The number of carbonyl (C=O) groups is 2. The van der Waals surface area contributed by atoms with Gasteiger partial charge in [0, 0.05) is 12.5 Å². The monoisotopic (exact) mass is 442 g/mol. The summed E-state index contributed by atoms with van der Waals surface area (Å²) in [7, 11) is 0. The molecule has 2 aromatic rings. The Morgan fingerprint density at radius 3 is 2.78 bits per heavy atom. The number of hydrogen-bond donors (Lipinski definition) is 1. The second-order valence-electron chi connectivity index (χ2n) is 9.19. The maximum atomic E-state index is 14.3. The van der Waals surface area contributed by atoms with Crippen molar-refractivity contribution < 1.29 is 23.1 Å². The van der Waals surface area contributed by atoms with Crippen LogP contribution in [0.2, 0.25) is 0 Å². The number of primary amides is 1. The lowest BCUT2D eigenvalue weighted by Crippen LogP contribution is -2.46. The molecule has 6 rings (SSSR count). The molecule has 0 radical (unpaired) electrons. The predicted molar refractivity (Wildman–Crippen MR) is 110 cm³/mol. The van der Waals surface area contributed by atoms with Gasteiger partial charge in [0.2, 0.25) is 11.8 Å². The molecule has 3 aliphatic carbocycles. The minimum absolute atomic E-state index is 0.0382. The fourth-order valence-electron chi connectivity index (χ4n) is 5.66. The first-order chi connectivity index (χ1) is 15.3. The molecule has 1 saturated heterocycles. The summed E-state index contributed by atoms with van der Waals surface area (Å²) >= 11 is 0. The molecule has 3 saturated carbocycles. The molecule has 1 aromatic carbocycles. The summed E-state index contributed by atoms with van der Waals surface area (Å²) in [5, 5.41) is 0. The zero-order valence-corrected chi connectivity index (χ0v) is 17.4. The number of amides is 2. The Labute approximate surface area is 184 Å². The lowest BCUT2D eigenvalue weighted by molar-refractivity contribution is -0.147. The van der Waals surface area contributed by atoms with Crippen LogP contribution < -0.4 is 10.5 Å². The summed E-state index contributed by atoms with van der Waals surface area (Å²) in [6.07, 6.45) is 2.46. The number of nitrogens with two attached hydrogens (primary N) is 1. The van der Waals surface area contributed by atoms with Gasteiger partial charge in [-0.25, -0.2) is 18.7 Å². The molecule has 2 amide bonds. The van der Waals surface area contributed by atoms with Gasteiger partial charge in [0.25, 0.3) is 5.91 Å². The van der Waals surface area contributed by atoms with E-state index < -0.39 is 23.5 Å². The first-order valence-corrected chi connectivity index (χ1v) is 10.8. The van der Waals surface area contributed by atoms with Crippen molar-refractivity contribution >= 4 is 11.8 Å². The number of carbonyl (C=O) groups excluding carboxylic acids is 2. The minimum atomic E-state index is -1.11. The Kier molecular flexibility index (Phi) is 5.06. The minimum Gasteiger partial charge on any atom is -0.477 e. The molecule has 1 aliphatic heterocycles. The van der Waals surface area contributed by atoms with Crippen molar-refractivity contribution in [1.82, 2.24) is 14.9 Å². The lowest BCUT2D eigenvalue weighted by atomic mass is 9.68. The van der Waals surface area contributed by atoms with Crippen LogP contribution in [-0.4, -0.2) is 46.0 Å². The normalized spacial score (nSPS) is 30.8. The topological polar surface area (TPSA) is 98.4 Å². The van der Waals surface area contributed by atoms with Crippen LogP contribution in [0.15, 0.2) is 36.7 Å². The highest BCUT2D eigenvalue weighted by Gasteiger charge is 2.62. The van der Waals surface area contributed by atoms with E-state index in [1.165, 1.54) is 24.5 Å². The molecule has 2 N–H and O–H groups in total. The number of aromatic nitrogens is 2. The summed E-state index contributed by atoms with van der Waals surface area (Å²) in [4.78, 5) is 34.2. The van der Waals surface area contributed by atoms with Crippen molar-refractivity contribution in [3.63, 3.8) is 0 Å². The van der Waals surface area contributed by atoms with Crippen LogP contribution in [0.4, 0.5) is 8.78 Å². The molecule has 4 aliphatic rings. The molecule has 9 heteroatoms. The maximum absolute atomic E-state index is 14.3. The molecule has 32 heavy (non-hydrogen) atoms. The fourth-order valence-corrected chi connectivity index (χ4v) is 5.66. The summed E-state index contributed by atoms with van der Waals surface area (Å²) < 4.78 is 33.8. The largest absolute Gasteiger partial charge is 0.477 e. The Morgan fingerprint density at radius 1 is 1.22 bits per heavy atom. The molecular formula is C23H24F2N4O3. The third-order valence-corrected chi connectivity index (χ3v) is 7.16. The highest BCUT2D eigenvalue weighted by molar-refractivity contribution is 5.90. The molecule has 1 aromatic heterocycles. The molecule has 0 spiro atoms. The van der Waals surface area contributed by atoms with Gasteiger partial charge in [-0.15, -0.1) is 0 Å². The molecule has 3 unspecified atom stereocenters. The molecule has 4 fully saturated rings. The van der Waals surface area contributed by atoms with Crippen LogP contribution in [0.1, 0.15) is 47.8 Å². The zero-order valence-electron chi connectivity index (χ0n) is 17.4. The van der Waals surface area contributed by atoms with Crippen molar-refractivity contribution in [2.45, 2.75) is 37.9 Å². The Balaban J connectivity index is 1.26. The lowest BCUT2D eigenvalue weighted by Gasteiger charge is -2.41. The van der Waals surface area contributed by atoms with Crippen molar-refractivity contribution in [1.29, 1.82) is 0 Å². The van der Waals surface area contributed by atoms with Crippen molar-refractivity contribution in [3.8, 4) is 5.88 Å². The SMILES string of the molecule is NC(=O)c1cc(OCC2CC3(C(=O)N4CC(F)CC4c4cccc(F)c4)CC2C3)ncn1. The van der Waals surface area contributed by atoms with E-state index in [1.54, 1.807) is 17.0 Å². The summed E-state index contributed by atoms with van der Waals surface area (Å²) in [6.45, 7) is 0.415. The molecular weight excluding hydrogens is 418 g/mol. The van der Waals surface area contributed by atoms with E-state index >= 15 is 0 Å². The number of halogens is 2. The number of benzene rings is 1. The first kappa shape index (κ1) is 20.8. The van der Waals surface area contributed by atoms with Crippen LogP contribution in [0.25, 0.3) is 0 Å². The van der Waals surface area contributed by atoms with Gasteiger partial charge in [-0.1, -0.05) is 12.1 Å². The highest BCUT2D eigenvalue weighted by atomic mass is 19.1. The predicted octanol–water partition coefficient (Wildman–Crippen LogP) is 2.82. The van der Waals surface area contributed by atoms with Crippen molar-refractivity contribution in [2.75, 3.05) is 13.2 Å². The third kappa shape index (κ3) is 3.59. The number of alkyl halides is 1. The average Bonchev–Trinajstić information content (AvgIpc) is 3.43. The Morgan fingerprint density at radius 2 is 2.03 bits per heavy atom. The van der Waals surface area contributed by atoms with Gasteiger partial charge >= 0.3 is 0 Å². The van der Waals surface area contributed by atoms with Crippen molar-refractivity contribution in [3.05, 3.63) is 53.7 Å². The molecule has 168 valence electrons. The van der Waals surface area contributed by atoms with E-state index in [0.29, 0.717) is 24.5 Å². The third-order valence-electron chi connectivity index (χ3n) is 7.16. The molecule has 7 nitrogen and oxygen atoms in total. The van der Waals surface area contributed by atoms with Crippen LogP contribution in [0.3, 0.4) is 0 Å². The Bertz CT molecular complexity index is 1060. The number of nitrogens with zero attached hydrogens (tertiary/aromatic N) is 3. The maximum Gasteiger partial charge on any atom is 0.267 e. The van der Waals surface area contributed by atoms with E-state index in [4.69, 9.17) is 10.5 Å². The van der Waals surface area contributed by atoms with E-state index in [2.05, 4.69) is 9.97 Å². The van der Waals surface area contributed by atoms with Crippen LogP contribution in [-0.2, 0) is 4.79 Å². The number of fused-ring (bicyclic) bond motifs is 1.